The molecule has 1 N–H and O–H groups in total. The van der Waals surface area contributed by atoms with E-state index >= 15 is 0 Å². The second-order valence-electron chi connectivity index (χ2n) is 9.46. The summed E-state index contributed by atoms with van der Waals surface area (Å²) in [6.07, 6.45) is 2.90. The number of ether oxygens (including phenoxy) is 1. The number of anilines is 3. The fourth-order valence-electron chi connectivity index (χ4n) is 4.99. The number of nitrogens with zero attached hydrogens (tertiary/aromatic N) is 3. The number of aryl methyl sites for hydroxylation is 1. The highest BCUT2D eigenvalue weighted by atomic mass is 32.2. The fraction of sp³-hybridized carbons (Fsp3) is 0.370. The first-order valence-electron chi connectivity index (χ1n) is 12.4. The number of benzene rings is 2. The minimum absolute atomic E-state index is 0.0640. The molecule has 194 valence electrons. The zero-order valence-corrected chi connectivity index (χ0v) is 21.4. The van der Waals surface area contributed by atoms with E-state index in [0.29, 0.717) is 43.3 Å². The van der Waals surface area contributed by atoms with Crippen molar-refractivity contribution in [3.63, 3.8) is 0 Å². The van der Waals surface area contributed by atoms with Gasteiger partial charge in [0.2, 0.25) is 5.95 Å². The van der Waals surface area contributed by atoms with Gasteiger partial charge in [-0.1, -0.05) is 24.3 Å². The van der Waals surface area contributed by atoms with Gasteiger partial charge in [0.05, 0.1) is 25.0 Å². The number of methoxy groups -OCH3 is 1. The molecule has 0 amide bonds. The lowest BCUT2D eigenvalue weighted by atomic mass is 9.89. The third kappa shape index (κ3) is 5.58. The van der Waals surface area contributed by atoms with Crippen LogP contribution in [0, 0.1) is 5.82 Å². The fourth-order valence-corrected chi connectivity index (χ4v) is 6.62. The van der Waals surface area contributed by atoms with Crippen molar-refractivity contribution in [1.29, 1.82) is 0 Å². The van der Waals surface area contributed by atoms with Gasteiger partial charge in [0.25, 0.3) is 0 Å². The van der Waals surface area contributed by atoms with Crippen LogP contribution in [-0.2, 0) is 32.2 Å². The van der Waals surface area contributed by atoms with Gasteiger partial charge < -0.3 is 15.0 Å². The van der Waals surface area contributed by atoms with Gasteiger partial charge in [0.1, 0.15) is 10.7 Å². The van der Waals surface area contributed by atoms with Gasteiger partial charge in [-0.15, -0.1) is 0 Å². The summed E-state index contributed by atoms with van der Waals surface area (Å²) >= 11 is 0. The number of piperidine rings is 1. The molecule has 37 heavy (non-hydrogen) atoms. The molecule has 8 nitrogen and oxygen atoms in total. The number of carbonyl (C=O) groups is 1. The largest absolute Gasteiger partial charge is 0.469 e. The van der Waals surface area contributed by atoms with Gasteiger partial charge in [-0.25, -0.2) is 17.8 Å². The van der Waals surface area contributed by atoms with Crippen molar-refractivity contribution < 1.29 is 22.3 Å². The maximum atomic E-state index is 13.7. The van der Waals surface area contributed by atoms with Crippen molar-refractivity contribution >= 4 is 33.3 Å². The second-order valence-corrected chi connectivity index (χ2v) is 11.5. The number of hydrogen-bond donors (Lipinski definition) is 1. The molecule has 1 aromatic heterocycles. The monoisotopic (exact) mass is 524 g/mol. The predicted molar refractivity (Wildman–Crippen MR) is 138 cm³/mol. The van der Waals surface area contributed by atoms with E-state index < -0.39 is 9.84 Å². The van der Waals surface area contributed by atoms with Crippen molar-refractivity contribution in [1.82, 2.24) is 9.97 Å². The van der Waals surface area contributed by atoms with Gasteiger partial charge in [0, 0.05) is 18.8 Å². The molecule has 0 saturated carbocycles. The molecule has 0 spiro atoms. The second kappa shape index (κ2) is 10.5. The number of nitrogens with one attached hydrogen (secondary N) is 1. The Balaban J connectivity index is 1.40. The number of hydrogen-bond acceptors (Lipinski definition) is 8. The average Bonchev–Trinajstić information content (AvgIpc) is 2.89. The van der Waals surface area contributed by atoms with Crippen LogP contribution in [0.25, 0.3) is 0 Å². The first-order chi connectivity index (χ1) is 17.8. The number of rotatable bonds is 6. The summed E-state index contributed by atoms with van der Waals surface area (Å²) in [5.41, 5.74) is 2.98. The molecule has 0 aliphatic carbocycles. The third-order valence-corrected chi connectivity index (χ3v) is 8.83. The third-order valence-electron chi connectivity index (χ3n) is 6.95. The van der Waals surface area contributed by atoms with E-state index in [-0.39, 0.29) is 40.6 Å². The topological polar surface area (TPSA) is 101 Å². The molecular weight excluding hydrogens is 495 g/mol. The first-order valence-corrected chi connectivity index (χ1v) is 14.0. The summed E-state index contributed by atoms with van der Waals surface area (Å²) < 4.78 is 44.4. The van der Waals surface area contributed by atoms with Gasteiger partial charge in [-0.2, -0.15) is 4.98 Å². The Labute approximate surface area is 215 Å². The van der Waals surface area contributed by atoms with E-state index in [1.807, 2.05) is 6.07 Å². The number of halogens is 1. The molecule has 3 heterocycles. The summed E-state index contributed by atoms with van der Waals surface area (Å²) in [5, 5.41) is 3.19. The Bertz CT molecular complexity index is 1400. The molecular formula is C27H29FN4O4S. The van der Waals surface area contributed by atoms with Crippen molar-refractivity contribution in [3.05, 3.63) is 71.2 Å². The summed E-state index contributed by atoms with van der Waals surface area (Å²) in [6, 6.07) is 13.9. The number of esters is 1. The Morgan fingerprint density at radius 3 is 2.59 bits per heavy atom. The van der Waals surface area contributed by atoms with Crippen LogP contribution >= 0.6 is 0 Å². The number of carbonyl (C=O) groups excluding carboxylic acids is 1. The predicted octanol–water partition coefficient (Wildman–Crippen LogP) is 4.18. The quantitative estimate of drug-likeness (QED) is 0.480. The molecule has 1 fully saturated rings. The van der Waals surface area contributed by atoms with Crippen LogP contribution in [0.3, 0.4) is 0 Å². The van der Waals surface area contributed by atoms with Gasteiger partial charge >= 0.3 is 5.97 Å². The Morgan fingerprint density at radius 1 is 1.14 bits per heavy atom. The highest BCUT2D eigenvalue weighted by Crippen LogP contribution is 2.35. The summed E-state index contributed by atoms with van der Waals surface area (Å²) in [7, 11) is -2.17. The minimum atomic E-state index is -3.52. The normalized spacial score (nSPS) is 17.2. The molecule has 3 aromatic rings. The van der Waals surface area contributed by atoms with Gasteiger partial charge in [-0.3, -0.25) is 4.79 Å². The van der Waals surface area contributed by atoms with Crippen molar-refractivity contribution in [2.45, 2.75) is 42.9 Å². The van der Waals surface area contributed by atoms with Crippen LogP contribution in [-0.4, -0.2) is 50.3 Å². The lowest BCUT2D eigenvalue weighted by Gasteiger charge is -2.33. The van der Waals surface area contributed by atoms with E-state index in [0.717, 1.165) is 24.0 Å². The first kappa shape index (κ1) is 25.1. The van der Waals surface area contributed by atoms with Crippen LogP contribution in [0.5, 0.6) is 0 Å². The van der Waals surface area contributed by atoms with Crippen LogP contribution in [0.2, 0.25) is 0 Å². The zero-order valence-electron chi connectivity index (χ0n) is 20.6. The van der Waals surface area contributed by atoms with Crippen molar-refractivity contribution in [2.24, 2.45) is 0 Å². The van der Waals surface area contributed by atoms with Gasteiger partial charge in [-0.05, 0) is 67.0 Å². The molecule has 0 bridgehead atoms. The van der Waals surface area contributed by atoms with Crippen LogP contribution in [0.4, 0.5) is 21.8 Å². The van der Waals surface area contributed by atoms with Crippen LogP contribution in [0.15, 0.2) is 53.4 Å². The number of sulfone groups is 1. The van der Waals surface area contributed by atoms with Crippen molar-refractivity contribution in [2.75, 3.05) is 36.2 Å². The van der Waals surface area contributed by atoms with Crippen molar-refractivity contribution in [3.8, 4) is 0 Å². The van der Waals surface area contributed by atoms with E-state index in [1.165, 1.54) is 13.2 Å². The molecule has 5 rings (SSSR count). The lowest BCUT2D eigenvalue weighted by Crippen LogP contribution is -2.35. The smallest absolute Gasteiger partial charge is 0.309 e. The summed E-state index contributed by atoms with van der Waals surface area (Å²) in [6.45, 7) is 1.38. The lowest BCUT2D eigenvalue weighted by molar-refractivity contribution is -0.139. The highest BCUT2D eigenvalue weighted by molar-refractivity contribution is 7.91. The molecule has 2 aliphatic rings. The number of fused-ring (bicyclic) bond motifs is 1. The van der Waals surface area contributed by atoms with Crippen LogP contribution in [0.1, 0.15) is 42.0 Å². The molecule has 10 heteroatoms. The Kier molecular flexibility index (Phi) is 7.10. The average molecular weight is 525 g/mol. The molecule has 2 aliphatic heterocycles. The highest BCUT2D eigenvalue weighted by Gasteiger charge is 2.32. The molecule has 0 radical (unpaired) electrons. The maximum Gasteiger partial charge on any atom is 0.309 e. The number of aromatic nitrogens is 2. The Hall–Kier alpha value is -3.53. The summed E-state index contributed by atoms with van der Waals surface area (Å²) in [5.74, 6) is 0.529. The SMILES string of the molecule is COC(=O)Cc1ccc(Nc2nc(N3CCC(c4cccc(F)c4)CC3)nc3c2S(=O)(=O)CCC3)cc1. The van der Waals surface area contributed by atoms with Crippen LogP contribution < -0.4 is 10.2 Å². The maximum absolute atomic E-state index is 13.7. The standard InChI is InChI=1S/C27H29FN4O4S/c1-36-24(33)16-18-7-9-22(10-8-18)29-26-25-23(6-3-15-37(25,34)35)30-27(31-26)32-13-11-19(12-14-32)20-4-2-5-21(28)17-20/h2,4-5,7-10,17,19H,3,6,11-16H2,1H3,(H,29,30,31). The van der Waals surface area contributed by atoms with E-state index in [1.54, 1.807) is 36.4 Å². The molecule has 1 saturated heterocycles. The van der Waals surface area contributed by atoms with Gasteiger partial charge in [0.15, 0.2) is 15.7 Å². The molecule has 2 aromatic carbocycles. The summed E-state index contributed by atoms with van der Waals surface area (Å²) in [4.78, 5) is 23.2. The van der Waals surface area contributed by atoms with E-state index in [9.17, 15) is 17.6 Å². The molecule has 0 unspecified atom stereocenters. The molecule has 0 atom stereocenters. The minimum Gasteiger partial charge on any atom is -0.469 e. The zero-order chi connectivity index (χ0) is 26.0. The van der Waals surface area contributed by atoms with E-state index in [4.69, 9.17) is 4.74 Å². The Morgan fingerprint density at radius 2 is 1.89 bits per heavy atom. The van der Waals surface area contributed by atoms with E-state index in [2.05, 4.69) is 20.2 Å².